The Morgan fingerprint density at radius 1 is 1.50 bits per heavy atom. The Kier molecular flexibility index (Phi) is 3.73. The minimum absolute atomic E-state index is 0.241. The van der Waals surface area contributed by atoms with Crippen LogP contribution in [0.15, 0.2) is 0 Å². The molecule has 1 aromatic rings. The Balaban J connectivity index is 1.98. The van der Waals surface area contributed by atoms with Gasteiger partial charge in [0.1, 0.15) is 0 Å². The summed E-state index contributed by atoms with van der Waals surface area (Å²) >= 11 is 0. The molecule has 2 heterocycles. The van der Waals surface area contributed by atoms with E-state index in [-0.39, 0.29) is 5.91 Å². The molecule has 0 bridgehead atoms. The van der Waals surface area contributed by atoms with Gasteiger partial charge in [0.05, 0.1) is 12.1 Å². The average molecular weight is 249 g/mol. The van der Waals surface area contributed by atoms with E-state index in [1.54, 1.807) is 0 Å². The van der Waals surface area contributed by atoms with Crippen LogP contribution in [-0.4, -0.2) is 34.1 Å². The molecule has 18 heavy (non-hydrogen) atoms. The van der Waals surface area contributed by atoms with Crippen LogP contribution in [0, 0.1) is 25.7 Å². The maximum atomic E-state index is 12.3. The summed E-state index contributed by atoms with van der Waals surface area (Å²) in [4.78, 5) is 14.3. The second-order valence-electron chi connectivity index (χ2n) is 5.72. The Morgan fingerprint density at radius 2 is 2.22 bits per heavy atom. The predicted octanol–water partition coefficient (Wildman–Crippen LogP) is 2.07. The summed E-state index contributed by atoms with van der Waals surface area (Å²) in [5.41, 5.74) is 3.02. The quantitative estimate of drug-likeness (QED) is 0.891. The van der Waals surface area contributed by atoms with Crippen LogP contribution in [0.2, 0.25) is 0 Å². The lowest BCUT2D eigenvalue weighted by atomic mass is 9.95. The number of aromatic amines is 1. The molecule has 0 saturated carbocycles. The molecular weight excluding hydrogens is 226 g/mol. The molecule has 2 rings (SSSR count). The number of carbonyl (C=O) groups is 1. The van der Waals surface area contributed by atoms with E-state index in [0.29, 0.717) is 18.3 Å². The lowest BCUT2D eigenvalue weighted by Gasteiger charge is -2.18. The fraction of sp³-hybridized carbons (Fsp3) is 0.714. The molecule has 1 unspecified atom stereocenters. The van der Waals surface area contributed by atoms with Crippen molar-refractivity contribution in [2.75, 3.05) is 13.1 Å². The first kappa shape index (κ1) is 13.1. The molecule has 0 aromatic carbocycles. The van der Waals surface area contributed by atoms with E-state index in [0.717, 1.165) is 36.5 Å². The molecule has 1 N–H and O–H groups in total. The highest BCUT2D eigenvalue weighted by molar-refractivity contribution is 5.79. The van der Waals surface area contributed by atoms with E-state index in [9.17, 15) is 4.79 Å². The summed E-state index contributed by atoms with van der Waals surface area (Å²) in [7, 11) is 0. The Labute approximate surface area is 109 Å². The third kappa shape index (κ3) is 2.57. The molecule has 1 aliphatic heterocycles. The van der Waals surface area contributed by atoms with Crippen LogP contribution in [0.4, 0.5) is 0 Å². The lowest BCUT2D eigenvalue weighted by Crippen LogP contribution is -2.30. The summed E-state index contributed by atoms with van der Waals surface area (Å²) in [6, 6.07) is 0. The smallest absolute Gasteiger partial charge is 0.227 e. The van der Waals surface area contributed by atoms with Crippen molar-refractivity contribution in [2.24, 2.45) is 11.8 Å². The Morgan fingerprint density at radius 3 is 2.72 bits per heavy atom. The van der Waals surface area contributed by atoms with E-state index in [1.807, 2.05) is 18.7 Å². The number of carbonyl (C=O) groups excluding carboxylic acids is 1. The summed E-state index contributed by atoms with van der Waals surface area (Å²) in [6.07, 6.45) is 1.63. The molecule has 0 spiro atoms. The summed E-state index contributed by atoms with van der Waals surface area (Å²) in [5, 5.41) is 7.08. The van der Waals surface area contributed by atoms with Gasteiger partial charge in [-0.2, -0.15) is 5.10 Å². The van der Waals surface area contributed by atoms with Gasteiger partial charge in [0.25, 0.3) is 0 Å². The molecule has 1 saturated heterocycles. The van der Waals surface area contributed by atoms with Gasteiger partial charge in [-0.05, 0) is 32.1 Å². The van der Waals surface area contributed by atoms with E-state index < -0.39 is 0 Å². The number of aromatic nitrogens is 2. The molecule has 1 amide bonds. The van der Waals surface area contributed by atoms with Crippen molar-refractivity contribution in [1.82, 2.24) is 15.1 Å². The second-order valence-corrected chi connectivity index (χ2v) is 5.72. The normalized spacial score (nSPS) is 19.8. The van der Waals surface area contributed by atoms with E-state index >= 15 is 0 Å². The van der Waals surface area contributed by atoms with Crippen LogP contribution in [-0.2, 0) is 11.2 Å². The summed E-state index contributed by atoms with van der Waals surface area (Å²) in [6.45, 7) is 10.2. The number of aryl methyl sites for hydroxylation is 2. The molecule has 0 radical (unpaired) electrons. The fourth-order valence-corrected chi connectivity index (χ4v) is 2.66. The van der Waals surface area contributed by atoms with E-state index in [2.05, 4.69) is 24.0 Å². The molecule has 1 aromatic heterocycles. The fourth-order valence-electron chi connectivity index (χ4n) is 2.66. The molecule has 1 atom stereocenters. The summed E-state index contributed by atoms with van der Waals surface area (Å²) < 4.78 is 0. The zero-order valence-corrected chi connectivity index (χ0v) is 11.8. The van der Waals surface area contributed by atoms with Gasteiger partial charge in [-0.15, -0.1) is 0 Å². The number of H-pyrrole nitrogens is 1. The summed E-state index contributed by atoms with van der Waals surface area (Å²) in [5.74, 6) is 1.58. The zero-order chi connectivity index (χ0) is 13.3. The van der Waals surface area contributed by atoms with Crippen LogP contribution in [0.25, 0.3) is 0 Å². The van der Waals surface area contributed by atoms with Gasteiger partial charge in [-0.1, -0.05) is 13.8 Å². The zero-order valence-electron chi connectivity index (χ0n) is 11.8. The van der Waals surface area contributed by atoms with Gasteiger partial charge in [-0.3, -0.25) is 9.89 Å². The van der Waals surface area contributed by atoms with Crippen molar-refractivity contribution in [3.63, 3.8) is 0 Å². The van der Waals surface area contributed by atoms with Crippen molar-refractivity contribution in [3.8, 4) is 0 Å². The monoisotopic (exact) mass is 249 g/mol. The van der Waals surface area contributed by atoms with Gasteiger partial charge in [0, 0.05) is 24.3 Å². The van der Waals surface area contributed by atoms with Gasteiger partial charge in [0.2, 0.25) is 5.91 Å². The molecule has 1 aliphatic rings. The standard InChI is InChI=1S/C14H23N3O/c1-9(2)12-5-6-17(8-12)14(18)7-13-10(3)15-16-11(13)4/h9,12H,5-8H2,1-4H3,(H,15,16). The maximum absolute atomic E-state index is 12.3. The first-order valence-corrected chi connectivity index (χ1v) is 6.77. The van der Waals surface area contributed by atoms with E-state index in [1.165, 1.54) is 0 Å². The highest BCUT2D eigenvalue weighted by Crippen LogP contribution is 2.24. The molecule has 4 heteroatoms. The van der Waals surface area contributed by atoms with Gasteiger partial charge in [-0.25, -0.2) is 0 Å². The lowest BCUT2D eigenvalue weighted by molar-refractivity contribution is -0.129. The number of likely N-dealkylation sites (tertiary alicyclic amines) is 1. The number of hydrogen-bond acceptors (Lipinski definition) is 2. The second kappa shape index (κ2) is 5.12. The minimum atomic E-state index is 0.241. The number of nitrogens with zero attached hydrogens (tertiary/aromatic N) is 2. The topological polar surface area (TPSA) is 49.0 Å². The van der Waals surface area contributed by atoms with Crippen molar-refractivity contribution in [3.05, 3.63) is 17.0 Å². The van der Waals surface area contributed by atoms with Crippen LogP contribution >= 0.6 is 0 Å². The maximum Gasteiger partial charge on any atom is 0.227 e. The van der Waals surface area contributed by atoms with Gasteiger partial charge < -0.3 is 4.90 Å². The minimum Gasteiger partial charge on any atom is -0.342 e. The first-order valence-electron chi connectivity index (χ1n) is 6.77. The van der Waals surface area contributed by atoms with Gasteiger partial charge in [0.15, 0.2) is 0 Å². The highest BCUT2D eigenvalue weighted by atomic mass is 16.2. The van der Waals surface area contributed by atoms with Crippen molar-refractivity contribution < 1.29 is 4.79 Å². The molecule has 4 nitrogen and oxygen atoms in total. The molecule has 0 aliphatic carbocycles. The molecule has 1 fully saturated rings. The first-order chi connectivity index (χ1) is 8.49. The number of amides is 1. The number of rotatable bonds is 3. The van der Waals surface area contributed by atoms with Crippen LogP contribution < -0.4 is 0 Å². The third-order valence-electron chi connectivity index (χ3n) is 4.13. The Hall–Kier alpha value is -1.32. The Bertz CT molecular complexity index is 417. The SMILES string of the molecule is Cc1n[nH]c(C)c1CC(=O)N1CCC(C(C)C)C1. The van der Waals surface area contributed by atoms with Crippen LogP contribution in [0.3, 0.4) is 0 Å². The van der Waals surface area contributed by atoms with Crippen molar-refractivity contribution in [2.45, 2.75) is 40.5 Å². The van der Waals surface area contributed by atoms with Crippen molar-refractivity contribution >= 4 is 5.91 Å². The predicted molar refractivity (Wildman–Crippen MR) is 71.3 cm³/mol. The average Bonchev–Trinajstić information content (AvgIpc) is 2.91. The van der Waals surface area contributed by atoms with Gasteiger partial charge >= 0.3 is 0 Å². The third-order valence-corrected chi connectivity index (χ3v) is 4.13. The molecule has 100 valence electrons. The largest absolute Gasteiger partial charge is 0.342 e. The highest BCUT2D eigenvalue weighted by Gasteiger charge is 2.28. The van der Waals surface area contributed by atoms with E-state index in [4.69, 9.17) is 0 Å². The number of hydrogen-bond donors (Lipinski definition) is 1. The van der Waals surface area contributed by atoms with Crippen LogP contribution in [0.1, 0.15) is 37.2 Å². The number of nitrogens with one attached hydrogen (secondary N) is 1. The molecular formula is C14H23N3O. The van der Waals surface area contributed by atoms with Crippen LogP contribution in [0.5, 0.6) is 0 Å². The van der Waals surface area contributed by atoms with Crippen molar-refractivity contribution in [1.29, 1.82) is 0 Å².